The topological polar surface area (TPSA) is 46.3 Å². The van der Waals surface area contributed by atoms with Gasteiger partial charge in [0.15, 0.2) is 0 Å². The Bertz CT molecular complexity index is 455. The van der Waals surface area contributed by atoms with E-state index in [0.29, 0.717) is 18.5 Å². The molecule has 5 heteroatoms. The van der Waals surface area contributed by atoms with Crippen LogP contribution in [0.4, 0.5) is 0 Å². The fourth-order valence-corrected chi connectivity index (χ4v) is 4.60. The predicted octanol–water partition coefficient (Wildman–Crippen LogP) is 3.80. The Morgan fingerprint density at radius 3 is 2.75 bits per heavy atom. The third-order valence-corrected chi connectivity index (χ3v) is 6.37. The number of carbonyl (C=O) groups is 1. The molecule has 1 amide bonds. The van der Waals surface area contributed by atoms with Crippen molar-refractivity contribution in [1.29, 1.82) is 0 Å². The number of carbonyl (C=O) groups excluding carboxylic acids is 1. The van der Waals surface area contributed by atoms with Crippen molar-refractivity contribution in [2.75, 3.05) is 13.1 Å². The molecule has 0 spiro atoms. The summed E-state index contributed by atoms with van der Waals surface area (Å²) in [5, 5.41) is 0. The normalized spacial score (nSPS) is 22.8. The summed E-state index contributed by atoms with van der Waals surface area (Å²) >= 11 is 5.04. The lowest BCUT2D eigenvalue weighted by atomic mass is 9.83. The van der Waals surface area contributed by atoms with E-state index in [9.17, 15) is 4.79 Å². The number of aryl methyl sites for hydroxylation is 1. The number of hydrogen-bond donors (Lipinski definition) is 1. The molecule has 2 rings (SSSR count). The number of amides is 1. The Hall–Kier alpha value is -0.390. The Morgan fingerprint density at radius 2 is 2.20 bits per heavy atom. The minimum Gasteiger partial charge on any atom is -0.335 e. The molecule has 2 unspecified atom stereocenters. The standard InChI is InChI=1S/C15H23BrN2OS/c1-3-18(12-7-5-4-6-11(12)9-17)15(19)13-8-10(2)14(16)20-13/h8,11-12H,3-7,9,17H2,1-2H3. The van der Waals surface area contributed by atoms with Gasteiger partial charge in [0.2, 0.25) is 0 Å². The molecule has 0 bridgehead atoms. The number of nitrogens with zero attached hydrogens (tertiary/aromatic N) is 1. The largest absolute Gasteiger partial charge is 0.335 e. The van der Waals surface area contributed by atoms with Gasteiger partial charge in [-0.05, 0) is 66.7 Å². The molecule has 1 aromatic rings. The average Bonchev–Trinajstić information content (AvgIpc) is 2.80. The summed E-state index contributed by atoms with van der Waals surface area (Å²) in [6, 6.07) is 2.30. The van der Waals surface area contributed by atoms with E-state index < -0.39 is 0 Å². The summed E-state index contributed by atoms with van der Waals surface area (Å²) in [4.78, 5) is 15.6. The second-order valence-corrected chi connectivity index (χ2v) is 7.88. The maximum atomic E-state index is 12.8. The van der Waals surface area contributed by atoms with Gasteiger partial charge in [0.25, 0.3) is 5.91 Å². The number of halogens is 1. The summed E-state index contributed by atoms with van der Waals surface area (Å²) in [5.74, 6) is 0.619. The fraction of sp³-hybridized carbons (Fsp3) is 0.667. The van der Waals surface area contributed by atoms with Crippen molar-refractivity contribution < 1.29 is 4.79 Å². The highest BCUT2D eigenvalue weighted by Crippen LogP contribution is 2.32. The van der Waals surface area contributed by atoms with Gasteiger partial charge >= 0.3 is 0 Å². The van der Waals surface area contributed by atoms with Crippen LogP contribution in [-0.2, 0) is 0 Å². The molecule has 20 heavy (non-hydrogen) atoms. The predicted molar refractivity (Wildman–Crippen MR) is 88.3 cm³/mol. The van der Waals surface area contributed by atoms with E-state index in [1.165, 1.54) is 24.2 Å². The van der Waals surface area contributed by atoms with Crippen LogP contribution in [0.1, 0.15) is 47.8 Å². The van der Waals surface area contributed by atoms with Crippen molar-refractivity contribution in [2.45, 2.75) is 45.6 Å². The molecular weight excluding hydrogens is 336 g/mol. The molecule has 1 saturated carbocycles. The van der Waals surface area contributed by atoms with E-state index >= 15 is 0 Å². The summed E-state index contributed by atoms with van der Waals surface area (Å²) in [7, 11) is 0. The van der Waals surface area contributed by atoms with Crippen LogP contribution >= 0.6 is 27.3 Å². The van der Waals surface area contributed by atoms with Crippen LogP contribution in [0, 0.1) is 12.8 Å². The van der Waals surface area contributed by atoms with Gasteiger partial charge in [0.1, 0.15) is 0 Å². The lowest BCUT2D eigenvalue weighted by molar-refractivity contribution is 0.0565. The molecule has 1 heterocycles. The highest BCUT2D eigenvalue weighted by atomic mass is 79.9. The van der Waals surface area contributed by atoms with Crippen LogP contribution in [0.5, 0.6) is 0 Å². The first-order chi connectivity index (χ1) is 9.58. The minimum atomic E-state index is 0.164. The summed E-state index contributed by atoms with van der Waals surface area (Å²) in [6.07, 6.45) is 4.69. The Morgan fingerprint density at radius 1 is 1.50 bits per heavy atom. The van der Waals surface area contributed by atoms with E-state index in [1.54, 1.807) is 0 Å². The molecule has 112 valence electrons. The van der Waals surface area contributed by atoms with Crippen molar-refractivity contribution in [3.05, 3.63) is 20.3 Å². The summed E-state index contributed by atoms with van der Waals surface area (Å²) < 4.78 is 1.05. The van der Waals surface area contributed by atoms with Gasteiger partial charge in [-0.25, -0.2) is 0 Å². The molecule has 1 aliphatic carbocycles. The smallest absolute Gasteiger partial charge is 0.264 e. The zero-order valence-corrected chi connectivity index (χ0v) is 14.6. The Balaban J connectivity index is 2.20. The van der Waals surface area contributed by atoms with Crippen LogP contribution in [0.2, 0.25) is 0 Å². The highest BCUT2D eigenvalue weighted by molar-refractivity contribution is 9.11. The first-order valence-corrected chi connectivity index (χ1v) is 8.96. The molecule has 1 aliphatic rings. The molecule has 1 aromatic heterocycles. The van der Waals surface area contributed by atoms with E-state index in [4.69, 9.17) is 5.73 Å². The maximum absolute atomic E-state index is 12.8. The quantitative estimate of drug-likeness (QED) is 0.889. The Labute approximate surface area is 133 Å². The third kappa shape index (κ3) is 3.26. The lowest BCUT2D eigenvalue weighted by Gasteiger charge is -2.39. The van der Waals surface area contributed by atoms with Crippen LogP contribution in [0.25, 0.3) is 0 Å². The van der Waals surface area contributed by atoms with E-state index in [1.807, 2.05) is 17.9 Å². The first-order valence-electron chi connectivity index (χ1n) is 7.35. The van der Waals surface area contributed by atoms with Crippen molar-refractivity contribution >= 4 is 33.2 Å². The molecule has 3 nitrogen and oxygen atoms in total. The molecule has 0 saturated heterocycles. The van der Waals surface area contributed by atoms with Crippen molar-refractivity contribution in [3.63, 3.8) is 0 Å². The van der Waals surface area contributed by atoms with Crippen LogP contribution in [-0.4, -0.2) is 29.9 Å². The van der Waals surface area contributed by atoms with Crippen molar-refractivity contribution in [1.82, 2.24) is 4.90 Å². The highest BCUT2D eigenvalue weighted by Gasteiger charge is 2.32. The van der Waals surface area contributed by atoms with Gasteiger partial charge < -0.3 is 10.6 Å². The summed E-state index contributed by atoms with van der Waals surface area (Å²) in [6.45, 7) is 5.53. The van der Waals surface area contributed by atoms with Crippen LogP contribution in [0.15, 0.2) is 9.85 Å². The first kappa shape index (κ1) is 16.0. The van der Waals surface area contributed by atoms with Crippen molar-refractivity contribution in [2.24, 2.45) is 11.7 Å². The van der Waals surface area contributed by atoms with Gasteiger partial charge in [-0.15, -0.1) is 11.3 Å². The molecular formula is C15H23BrN2OS. The number of hydrogen-bond acceptors (Lipinski definition) is 3. The Kier molecular flexibility index (Phi) is 5.64. The molecule has 0 radical (unpaired) electrons. The molecule has 0 aromatic carbocycles. The number of rotatable bonds is 4. The third-order valence-electron chi connectivity index (χ3n) is 4.24. The monoisotopic (exact) mass is 358 g/mol. The second-order valence-electron chi connectivity index (χ2n) is 5.51. The van der Waals surface area contributed by atoms with E-state index in [-0.39, 0.29) is 5.91 Å². The van der Waals surface area contributed by atoms with Gasteiger partial charge in [-0.2, -0.15) is 0 Å². The van der Waals surface area contributed by atoms with E-state index in [2.05, 4.69) is 22.9 Å². The lowest BCUT2D eigenvalue weighted by Crippen LogP contribution is -2.47. The van der Waals surface area contributed by atoms with E-state index in [0.717, 1.165) is 33.6 Å². The number of nitrogens with two attached hydrogens (primary N) is 1. The molecule has 1 fully saturated rings. The zero-order valence-electron chi connectivity index (χ0n) is 12.2. The summed E-state index contributed by atoms with van der Waals surface area (Å²) in [5.41, 5.74) is 7.04. The average molecular weight is 359 g/mol. The van der Waals surface area contributed by atoms with Crippen LogP contribution in [0.3, 0.4) is 0 Å². The molecule has 2 atom stereocenters. The second kappa shape index (κ2) is 7.05. The zero-order chi connectivity index (χ0) is 14.7. The SMILES string of the molecule is CCN(C(=O)c1cc(C)c(Br)s1)C1CCCCC1CN. The molecule has 2 N–H and O–H groups in total. The van der Waals surface area contributed by atoms with Crippen molar-refractivity contribution in [3.8, 4) is 0 Å². The number of thiophene rings is 1. The van der Waals surface area contributed by atoms with Gasteiger partial charge in [0.05, 0.1) is 8.66 Å². The van der Waals surface area contributed by atoms with Gasteiger partial charge in [-0.3, -0.25) is 4.79 Å². The minimum absolute atomic E-state index is 0.164. The van der Waals surface area contributed by atoms with Gasteiger partial charge in [-0.1, -0.05) is 12.8 Å². The van der Waals surface area contributed by atoms with Crippen LogP contribution < -0.4 is 5.73 Å². The fourth-order valence-electron chi connectivity index (χ4n) is 3.11. The van der Waals surface area contributed by atoms with Gasteiger partial charge in [0, 0.05) is 12.6 Å². The maximum Gasteiger partial charge on any atom is 0.264 e. The molecule has 0 aliphatic heterocycles.